The molecule has 122 valence electrons. The second kappa shape index (κ2) is 9.43. The number of amides is 2. The summed E-state index contributed by atoms with van der Waals surface area (Å²) in [6, 6.07) is 9.81. The third-order valence-corrected chi connectivity index (χ3v) is 3.77. The Morgan fingerprint density at radius 1 is 1.32 bits per heavy atom. The number of nitrogens with zero attached hydrogens (tertiary/aromatic N) is 1. The van der Waals surface area contributed by atoms with Crippen LogP contribution in [0.15, 0.2) is 30.3 Å². The van der Waals surface area contributed by atoms with Crippen molar-refractivity contribution in [3.05, 3.63) is 35.9 Å². The molecule has 1 aliphatic rings. The summed E-state index contributed by atoms with van der Waals surface area (Å²) in [5, 5.41) is 5.95. The summed E-state index contributed by atoms with van der Waals surface area (Å²) in [6.45, 7) is 2.31. The van der Waals surface area contributed by atoms with E-state index in [-0.39, 0.29) is 36.7 Å². The Morgan fingerprint density at radius 3 is 2.68 bits per heavy atom. The largest absolute Gasteiger partial charge is 0.347 e. The molecule has 1 aromatic carbocycles. The molecule has 1 unspecified atom stereocenters. The molecule has 0 saturated carbocycles. The van der Waals surface area contributed by atoms with Crippen molar-refractivity contribution >= 4 is 24.2 Å². The first kappa shape index (κ1) is 18.5. The summed E-state index contributed by atoms with van der Waals surface area (Å²) in [5.74, 6) is -0.106. The Balaban J connectivity index is 0.00000242. The SMILES string of the molecule is CN(Cc1ccccc1)C(=O)CNC(=O)C1CCCNC1.Cl. The highest BCUT2D eigenvalue weighted by Gasteiger charge is 2.21. The summed E-state index contributed by atoms with van der Waals surface area (Å²) in [4.78, 5) is 25.6. The number of hydrogen-bond donors (Lipinski definition) is 2. The smallest absolute Gasteiger partial charge is 0.242 e. The molecular formula is C16H24ClN3O2. The Labute approximate surface area is 137 Å². The summed E-state index contributed by atoms with van der Waals surface area (Å²) in [6.07, 6.45) is 1.91. The molecular weight excluding hydrogens is 302 g/mol. The van der Waals surface area contributed by atoms with Gasteiger partial charge in [0.1, 0.15) is 0 Å². The van der Waals surface area contributed by atoms with Gasteiger partial charge in [-0.05, 0) is 24.9 Å². The van der Waals surface area contributed by atoms with Crippen molar-refractivity contribution in [1.29, 1.82) is 0 Å². The van der Waals surface area contributed by atoms with E-state index in [4.69, 9.17) is 0 Å². The average molecular weight is 326 g/mol. The lowest BCUT2D eigenvalue weighted by atomic mass is 9.99. The van der Waals surface area contributed by atoms with Gasteiger partial charge in [0.15, 0.2) is 0 Å². The number of hydrogen-bond acceptors (Lipinski definition) is 3. The lowest BCUT2D eigenvalue weighted by molar-refractivity contribution is -0.133. The molecule has 1 aromatic rings. The van der Waals surface area contributed by atoms with E-state index in [1.807, 2.05) is 30.3 Å². The maximum absolute atomic E-state index is 12.0. The van der Waals surface area contributed by atoms with Gasteiger partial charge in [0, 0.05) is 20.1 Å². The topological polar surface area (TPSA) is 61.4 Å². The molecule has 0 aliphatic carbocycles. The summed E-state index contributed by atoms with van der Waals surface area (Å²) >= 11 is 0. The molecule has 0 spiro atoms. The first-order valence-corrected chi connectivity index (χ1v) is 7.43. The Bertz CT molecular complexity index is 476. The van der Waals surface area contributed by atoms with Crippen LogP contribution in [0.2, 0.25) is 0 Å². The van der Waals surface area contributed by atoms with Crippen molar-refractivity contribution in [3.8, 4) is 0 Å². The molecule has 2 N–H and O–H groups in total. The van der Waals surface area contributed by atoms with Gasteiger partial charge in [-0.3, -0.25) is 9.59 Å². The number of benzene rings is 1. The molecule has 1 aliphatic heterocycles. The minimum Gasteiger partial charge on any atom is -0.347 e. The van der Waals surface area contributed by atoms with E-state index in [0.717, 1.165) is 24.9 Å². The van der Waals surface area contributed by atoms with Crippen LogP contribution in [-0.2, 0) is 16.1 Å². The molecule has 5 nitrogen and oxygen atoms in total. The van der Waals surface area contributed by atoms with E-state index in [2.05, 4.69) is 10.6 Å². The van der Waals surface area contributed by atoms with Gasteiger partial charge in [0.2, 0.25) is 11.8 Å². The molecule has 1 saturated heterocycles. The summed E-state index contributed by atoms with van der Waals surface area (Å²) in [7, 11) is 1.75. The summed E-state index contributed by atoms with van der Waals surface area (Å²) in [5.41, 5.74) is 1.08. The zero-order valence-electron chi connectivity index (χ0n) is 12.9. The number of rotatable bonds is 5. The van der Waals surface area contributed by atoms with Crippen molar-refractivity contribution in [2.75, 3.05) is 26.7 Å². The molecule has 2 amide bonds. The molecule has 1 atom stereocenters. The minimum atomic E-state index is -0.0732. The predicted octanol–water partition coefficient (Wildman–Crippen LogP) is 1.18. The van der Waals surface area contributed by atoms with E-state index < -0.39 is 0 Å². The number of nitrogens with one attached hydrogen (secondary N) is 2. The third kappa shape index (κ3) is 5.66. The van der Waals surface area contributed by atoms with Crippen LogP contribution in [-0.4, -0.2) is 43.4 Å². The maximum atomic E-state index is 12.0. The van der Waals surface area contributed by atoms with Crippen molar-refractivity contribution in [2.45, 2.75) is 19.4 Å². The van der Waals surface area contributed by atoms with E-state index in [1.54, 1.807) is 11.9 Å². The van der Waals surface area contributed by atoms with Gasteiger partial charge in [0.05, 0.1) is 12.5 Å². The lowest BCUT2D eigenvalue weighted by Crippen LogP contribution is -2.44. The fourth-order valence-corrected chi connectivity index (χ4v) is 2.46. The van der Waals surface area contributed by atoms with Crippen molar-refractivity contribution in [2.24, 2.45) is 5.92 Å². The van der Waals surface area contributed by atoms with Crippen LogP contribution in [0, 0.1) is 5.92 Å². The van der Waals surface area contributed by atoms with Crippen LogP contribution in [0.5, 0.6) is 0 Å². The van der Waals surface area contributed by atoms with Gasteiger partial charge in [-0.15, -0.1) is 12.4 Å². The molecule has 22 heavy (non-hydrogen) atoms. The van der Waals surface area contributed by atoms with Crippen molar-refractivity contribution in [3.63, 3.8) is 0 Å². The van der Waals surface area contributed by atoms with Crippen LogP contribution in [0.3, 0.4) is 0 Å². The maximum Gasteiger partial charge on any atom is 0.242 e. The second-order valence-electron chi connectivity index (χ2n) is 5.50. The van der Waals surface area contributed by atoms with Gasteiger partial charge in [0.25, 0.3) is 0 Å². The van der Waals surface area contributed by atoms with Gasteiger partial charge in [-0.2, -0.15) is 0 Å². The van der Waals surface area contributed by atoms with E-state index in [9.17, 15) is 9.59 Å². The number of likely N-dealkylation sites (N-methyl/N-ethyl adjacent to an activating group) is 1. The number of piperidine rings is 1. The second-order valence-corrected chi connectivity index (χ2v) is 5.50. The standard InChI is InChI=1S/C16H23N3O2.ClH/c1-19(12-13-6-3-2-4-7-13)15(20)11-18-16(21)14-8-5-9-17-10-14;/h2-4,6-7,14,17H,5,8-12H2,1H3,(H,18,21);1H. The Hall–Kier alpha value is -1.59. The number of halogens is 1. The molecule has 2 rings (SSSR count). The van der Waals surface area contributed by atoms with Gasteiger partial charge >= 0.3 is 0 Å². The monoisotopic (exact) mass is 325 g/mol. The number of carbonyl (C=O) groups excluding carboxylic acids is 2. The molecule has 0 bridgehead atoms. The zero-order valence-corrected chi connectivity index (χ0v) is 13.7. The fourth-order valence-electron chi connectivity index (χ4n) is 2.46. The van der Waals surface area contributed by atoms with Gasteiger partial charge < -0.3 is 15.5 Å². The molecule has 0 radical (unpaired) electrons. The average Bonchev–Trinajstić information content (AvgIpc) is 2.54. The molecule has 0 aromatic heterocycles. The quantitative estimate of drug-likeness (QED) is 0.854. The zero-order chi connectivity index (χ0) is 15.1. The lowest BCUT2D eigenvalue weighted by Gasteiger charge is -2.23. The van der Waals surface area contributed by atoms with Crippen molar-refractivity contribution in [1.82, 2.24) is 15.5 Å². The highest BCUT2D eigenvalue weighted by atomic mass is 35.5. The van der Waals surface area contributed by atoms with Crippen LogP contribution in [0.25, 0.3) is 0 Å². The van der Waals surface area contributed by atoms with Crippen LogP contribution >= 0.6 is 12.4 Å². The first-order chi connectivity index (χ1) is 10.2. The number of carbonyl (C=O) groups is 2. The van der Waals surface area contributed by atoms with Crippen LogP contribution in [0.4, 0.5) is 0 Å². The van der Waals surface area contributed by atoms with Crippen molar-refractivity contribution < 1.29 is 9.59 Å². The normalized spacial score (nSPS) is 17.2. The Morgan fingerprint density at radius 2 is 2.05 bits per heavy atom. The van der Waals surface area contributed by atoms with E-state index in [1.165, 1.54) is 0 Å². The van der Waals surface area contributed by atoms with Gasteiger partial charge in [-0.25, -0.2) is 0 Å². The molecule has 6 heteroatoms. The Kier molecular flexibility index (Phi) is 7.91. The first-order valence-electron chi connectivity index (χ1n) is 7.43. The van der Waals surface area contributed by atoms with E-state index >= 15 is 0 Å². The van der Waals surface area contributed by atoms with Crippen LogP contribution < -0.4 is 10.6 Å². The molecule has 1 heterocycles. The molecule has 1 fully saturated rings. The highest BCUT2D eigenvalue weighted by Crippen LogP contribution is 2.09. The third-order valence-electron chi connectivity index (χ3n) is 3.77. The highest BCUT2D eigenvalue weighted by molar-refractivity contribution is 5.86. The summed E-state index contributed by atoms with van der Waals surface area (Å²) < 4.78 is 0. The van der Waals surface area contributed by atoms with Gasteiger partial charge in [-0.1, -0.05) is 30.3 Å². The van der Waals surface area contributed by atoms with Crippen LogP contribution in [0.1, 0.15) is 18.4 Å². The fraction of sp³-hybridized carbons (Fsp3) is 0.500. The van der Waals surface area contributed by atoms with E-state index in [0.29, 0.717) is 13.1 Å². The minimum absolute atomic E-state index is 0. The predicted molar refractivity (Wildman–Crippen MR) is 88.8 cm³/mol.